The second kappa shape index (κ2) is 15.6. The monoisotopic (exact) mass is 276 g/mol. The van der Waals surface area contributed by atoms with Crippen molar-refractivity contribution in [1.82, 2.24) is 5.32 Å². The normalized spacial score (nSPS) is 10.2. The molecule has 0 aliphatic rings. The van der Waals surface area contributed by atoms with Crippen LogP contribution in [0.2, 0.25) is 0 Å². The van der Waals surface area contributed by atoms with Gasteiger partial charge in [-0.05, 0) is 13.3 Å². The maximum atomic E-state index is 10.4. The van der Waals surface area contributed by atoms with Crippen LogP contribution in [0, 0.1) is 0 Å². The van der Waals surface area contributed by atoms with Crippen molar-refractivity contribution in [3.05, 3.63) is 0 Å². The number of amides is 2. The Bertz CT molecular complexity index is 196. The summed E-state index contributed by atoms with van der Waals surface area (Å²) in [6, 6.07) is 0.270. The van der Waals surface area contributed by atoms with Crippen LogP contribution in [0.5, 0.6) is 0 Å². The largest absolute Gasteiger partial charge is 1.00 e. The van der Waals surface area contributed by atoms with Gasteiger partial charge in [0.1, 0.15) is 0 Å². The first kappa shape index (κ1) is 21.9. The fourth-order valence-corrected chi connectivity index (χ4v) is 1.20. The van der Waals surface area contributed by atoms with E-state index in [0.29, 0.717) is 0 Å². The van der Waals surface area contributed by atoms with E-state index in [9.17, 15) is 4.79 Å². The Morgan fingerprint density at radius 2 is 1.81 bits per heavy atom. The molecule has 0 fully saturated rings. The Labute approximate surface area is 132 Å². The Morgan fingerprint density at radius 3 is 2.12 bits per heavy atom. The van der Waals surface area contributed by atoms with E-state index in [-0.39, 0.29) is 42.3 Å². The molecule has 0 spiro atoms. The number of hydrogen-bond donors (Lipinski definition) is 4. The van der Waals surface area contributed by atoms with Gasteiger partial charge in [0.05, 0.1) is 0 Å². The van der Waals surface area contributed by atoms with Crippen molar-refractivity contribution < 1.29 is 40.6 Å². The summed E-state index contributed by atoms with van der Waals surface area (Å²) in [5.41, 5.74) is 4.34. The number of unbranched alkanes of at least 4 members (excludes halogenated alkanes) is 2. The van der Waals surface area contributed by atoms with E-state index in [0.717, 1.165) is 6.42 Å². The van der Waals surface area contributed by atoms with Gasteiger partial charge in [-0.2, -0.15) is 0 Å². The number of carbonyl (C=O) groups excluding carboxylic acids is 2. The Hall–Kier alpha value is 0.640. The molecule has 92 valence electrons. The molecule has 4 nitrogen and oxygen atoms in total. The van der Waals surface area contributed by atoms with E-state index >= 15 is 0 Å². The number of nitrogens with one attached hydrogen (secondary N) is 1. The number of nitrogens with two attached hydrogens (primary N) is 1. The fraction of sp³-hybridized carbons (Fsp3) is 0.778. The third-order valence-corrected chi connectivity index (χ3v) is 1.74. The van der Waals surface area contributed by atoms with Crippen molar-refractivity contribution in [3.8, 4) is 0 Å². The summed E-state index contributed by atoms with van der Waals surface area (Å²) < 4.78 is 0. The number of thiol groups is 2. The first-order chi connectivity index (χ1) is 6.90. The van der Waals surface area contributed by atoms with Crippen LogP contribution < -0.4 is 40.6 Å². The van der Waals surface area contributed by atoms with E-state index in [1.165, 1.54) is 19.3 Å². The van der Waals surface area contributed by atoms with Crippen LogP contribution in [0.25, 0.3) is 0 Å². The van der Waals surface area contributed by atoms with Gasteiger partial charge in [-0.15, -0.1) is 0 Å². The number of hydrogen-bond acceptors (Lipinski definition) is 2. The van der Waals surface area contributed by atoms with E-state index < -0.39 is 5.24 Å². The zero-order valence-electron chi connectivity index (χ0n) is 11.2. The molecule has 0 aromatic rings. The topological polar surface area (TPSA) is 72.2 Å². The molecule has 1 unspecified atom stereocenters. The molecular weight excluding hydrogens is 255 g/mol. The molecular formula is C9H21N2NaO2S2. The summed E-state index contributed by atoms with van der Waals surface area (Å²) in [7, 11) is 0. The van der Waals surface area contributed by atoms with Crippen LogP contribution in [0.4, 0.5) is 9.59 Å². The van der Waals surface area contributed by atoms with Crippen LogP contribution in [-0.4, -0.2) is 16.5 Å². The quantitative estimate of drug-likeness (QED) is 0.316. The summed E-state index contributed by atoms with van der Waals surface area (Å²) in [5, 5.41) is 1.86. The Balaban J connectivity index is -0.000000123. The first-order valence-corrected chi connectivity index (χ1v) is 5.77. The van der Waals surface area contributed by atoms with Crippen LogP contribution in [0.1, 0.15) is 41.0 Å². The van der Waals surface area contributed by atoms with Crippen molar-refractivity contribution in [2.24, 2.45) is 5.73 Å². The molecule has 0 aromatic heterocycles. The van der Waals surface area contributed by atoms with Gasteiger partial charge in [-0.25, -0.2) is 0 Å². The molecule has 3 N–H and O–H groups in total. The molecule has 0 saturated heterocycles. The van der Waals surface area contributed by atoms with Gasteiger partial charge in [0.2, 0.25) is 0 Å². The first-order valence-electron chi connectivity index (χ1n) is 4.88. The van der Waals surface area contributed by atoms with Crippen LogP contribution in [0.3, 0.4) is 0 Å². The number of carbonyl (C=O) groups is 2. The van der Waals surface area contributed by atoms with Crippen LogP contribution >= 0.6 is 25.3 Å². The van der Waals surface area contributed by atoms with E-state index in [1.54, 1.807) is 0 Å². The van der Waals surface area contributed by atoms with E-state index in [1.807, 2.05) is 6.92 Å². The average Bonchev–Trinajstić information content (AvgIpc) is 2.02. The smallest absolute Gasteiger partial charge is 1.00 e. The number of primary amides is 1. The molecule has 0 heterocycles. The summed E-state index contributed by atoms with van der Waals surface area (Å²) in [4.78, 5) is 19.5. The van der Waals surface area contributed by atoms with E-state index in [4.69, 9.17) is 4.79 Å². The molecule has 0 bridgehead atoms. The number of rotatable bonds is 5. The zero-order chi connectivity index (χ0) is 12.3. The van der Waals surface area contributed by atoms with Gasteiger partial charge in [0.25, 0.3) is 10.5 Å². The van der Waals surface area contributed by atoms with Crippen LogP contribution in [0.15, 0.2) is 0 Å². The van der Waals surface area contributed by atoms with Gasteiger partial charge in [0.15, 0.2) is 0 Å². The maximum Gasteiger partial charge on any atom is 1.00 e. The second-order valence-electron chi connectivity index (χ2n) is 3.18. The van der Waals surface area contributed by atoms with Gasteiger partial charge < -0.3 is 12.5 Å². The fourth-order valence-electron chi connectivity index (χ4n) is 0.983. The SMILES string of the molecule is CCCCCC(C)NC(=O)S.NC(=O)S.[H-].[Na+]. The van der Waals surface area contributed by atoms with Crippen molar-refractivity contribution >= 4 is 35.7 Å². The third kappa shape index (κ3) is 29.3. The van der Waals surface area contributed by atoms with Gasteiger partial charge in [-0.3, -0.25) is 9.59 Å². The average molecular weight is 276 g/mol. The van der Waals surface area contributed by atoms with Crippen LogP contribution in [-0.2, 0) is 0 Å². The van der Waals surface area contributed by atoms with Gasteiger partial charge in [-0.1, -0.05) is 51.4 Å². The molecule has 1 atom stereocenters. The second-order valence-corrected chi connectivity index (χ2v) is 4.03. The standard InChI is InChI=1S/C8H17NOS.CH3NOS.Na.H/c1-3-4-5-6-7(2)9-8(10)11;2-1(3)4;;/h7H,3-6H2,1-2H3,(H2,9,10,11);(H3,2,3,4);;/q;;+1;-1. The molecule has 0 rings (SSSR count). The van der Waals surface area contributed by atoms with E-state index in [2.05, 4.69) is 43.2 Å². The van der Waals surface area contributed by atoms with Gasteiger partial charge in [0, 0.05) is 6.04 Å². The molecule has 0 aliphatic carbocycles. The molecule has 7 heteroatoms. The summed E-state index contributed by atoms with van der Waals surface area (Å²) in [6.07, 6.45) is 4.71. The summed E-state index contributed by atoms with van der Waals surface area (Å²) in [5.74, 6) is 0. The molecule has 0 radical (unpaired) electrons. The minimum Gasteiger partial charge on any atom is -1.00 e. The maximum absolute atomic E-state index is 10.4. The molecule has 0 aliphatic heterocycles. The molecule has 16 heavy (non-hydrogen) atoms. The Morgan fingerprint density at radius 1 is 1.38 bits per heavy atom. The summed E-state index contributed by atoms with van der Waals surface area (Å²) in [6.45, 7) is 4.17. The predicted octanol–water partition coefficient (Wildman–Crippen LogP) is -0.294. The van der Waals surface area contributed by atoms with Crippen molar-refractivity contribution in [2.75, 3.05) is 0 Å². The van der Waals surface area contributed by atoms with Crippen molar-refractivity contribution in [1.29, 1.82) is 0 Å². The minimum atomic E-state index is -0.639. The predicted molar refractivity (Wildman–Crippen MR) is 70.8 cm³/mol. The van der Waals surface area contributed by atoms with Crippen molar-refractivity contribution in [3.63, 3.8) is 0 Å². The molecule has 0 saturated carbocycles. The zero-order valence-corrected chi connectivity index (χ0v) is 14.0. The van der Waals surface area contributed by atoms with Crippen molar-refractivity contribution in [2.45, 2.75) is 45.6 Å². The summed E-state index contributed by atoms with van der Waals surface area (Å²) >= 11 is 6.74. The Kier molecular flexibility index (Phi) is 21.4. The minimum absolute atomic E-state index is 0. The third-order valence-electron chi connectivity index (χ3n) is 1.61. The molecule has 0 aromatic carbocycles. The molecule has 2 amide bonds. The van der Waals surface area contributed by atoms with Gasteiger partial charge >= 0.3 is 29.6 Å².